The van der Waals surface area contributed by atoms with Crippen LogP contribution in [0.3, 0.4) is 0 Å². The Morgan fingerprint density at radius 2 is 2.13 bits per heavy atom. The first-order valence-electron chi connectivity index (χ1n) is 4.37. The Morgan fingerprint density at radius 1 is 1.40 bits per heavy atom. The zero-order chi connectivity index (χ0) is 10.8. The van der Waals surface area contributed by atoms with Gasteiger partial charge in [-0.1, -0.05) is 18.2 Å². The van der Waals surface area contributed by atoms with Gasteiger partial charge in [0.1, 0.15) is 0 Å². The zero-order valence-electron chi connectivity index (χ0n) is 8.01. The van der Waals surface area contributed by atoms with Crippen molar-refractivity contribution in [2.45, 2.75) is 6.92 Å². The van der Waals surface area contributed by atoms with Crippen molar-refractivity contribution < 1.29 is 4.79 Å². The molecule has 0 fully saturated rings. The summed E-state index contributed by atoms with van der Waals surface area (Å²) < 4.78 is 0.895. The second kappa shape index (κ2) is 3.82. The van der Waals surface area contributed by atoms with Gasteiger partial charge in [0.15, 0.2) is 0 Å². The van der Waals surface area contributed by atoms with Crippen LogP contribution in [0.2, 0.25) is 0 Å². The minimum atomic E-state index is -0.313. The molecule has 0 saturated heterocycles. The fourth-order valence-corrected chi connectivity index (χ4v) is 1.28. The van der Waals surface area contributed by atoms with Crippen LogP contribution < -0.4 is 4.42 Å². The number of anilines is 1. The molecule has 1 aromatic carbocycles. The maximum absolute atomic E-state index is 11.0. The van der Waals surface area contributed by atoms with Crippen molar-refractivity contribution in [3.63, 3.8) is 0 Å². The summed E-state index contributed by atoms with van der Waals surface area (Å²) in [4.78, 5) is 19.1. The van der Waals surface area contributed by atoms with Crippen LogP contribution in [-0.2, 0) is 4.79 Å². The van der Waals surface area contributed by atoms with Crippen molar-refractivity contribution in [1.82, 2.24) is 9.97 Å². The van der Waals surface area contributed by atoms with Gasteiger partial charge in [-0.3, -0.25) is 4.79 Å². The molecule has 76 valence electrons. The smallest absolute Gasteiger partial charge is 0.248 e. The van der Waals surface area contributed by atoms with E-state index in [0.717, 1.165) is 15.3 Å². The average molecular weight is 222 g/mol. The van der Waals surface area contributed by atoms with Crippen LogP contribution >= 0.6 is 11.8 Å². The summed E-state index contributed by atoms with van der Waals surface area (Å²) in [5.74, 6) is -0.116. The largest absolute Gasteiger partial charge is 0.273 e. The fraction of sp³-hybridized carbons (Fsp3) is 0.100. The Morgan fingerprint density at radius 3 is 2.87 bits per heavy atom. The molecule has 0 aliphatic carbocycles. The number of aromatic nitrogens is 2. The summed E-state index contributed by atoms with van der Waals surface area (Å²) in [6.45, 7) is 1.35. The summed E-state index contributed by atoms with van der Waals surface area (Å²) in [6.07, 6.45) is 1.63. The van der Waals surface area contributed by atoms with Crippen LogP contribution in [-0.4, -0.2) is 15.9 Å². The molecule has 1 aromatic heterocycles. The van der Waals surface area contributed by atoms with Gasteiger partial charge in [0, 0.05) is 30.3 Å². The summed E-state index contributed by atoms with van der Waals surface area (Å²) >= 11 is 5.70. The SMILES string of the molecule is CC(=O)N(Cl)c1ncc2ccccc2n1. The van der Waals surface area contributed by atoms with Gasteiger partial charge < -0.3 is 0 Å². The summed E-state index contributed by atoms with van der Waals surface area (Å²) in [7, 11) is 0. The lowest BCUT2D eigenvalue weighted by atomic mass is 10.2. The van der Waals surface area contributed by atoms with Gasteiger partial charge in [0.25, 0.3) is 0 Å². The number of para-hydroxylation sites is 1. The third kappa shape index (κ3) is 1.89. The predicted molar refractivity (Wildman–Crippen MR) is 58.6 cm³/mol. The Bertz CT molecular complexity index is 515. The van der Waals surface area contributed by atoms with Crippen molar-refractivity contribution >= 4 is 34.5 Å². The number of halogens is 1. The number of benzene rings is 1. The van der Waals surface area contributed by atoms with E-state index in [0.29, 0.717) is 0 Å². The highest BCUT2D eigenvalue weighted by molar-refractivity contribution is 6.35. The maximum atomic E-state index is 11.0. The van der Waals surface area contributed by atoms with E-state index < -0.39 is 0 Å². The number of fused-ring (bicyclic) bond motifs is 1. The van der Waals surface area contributed by atoms with Gasteiger partial charge in [0.05, 0.1) is 5.52 Å². The normalized spacial score (nSPS) is 10.3. The Labute approximate surface area is 91.6 Å². The Balaban J connectivity index is 2.51. The topological polar surface area (TPSA) is 46.1 Å². The number of rotatable bonds is 1. The Hall–Kier alpha value is -1.68. The number of carbonyl (C=O) groups is 1. The average Bonchev–Trinajstić information content (AvgIpc) is 2.27. The maximum Gasteiger partial charge on any atom is 0.248 e. The molecular formula is C10H8ClN3O. The van der Waals surface area contributed by atoms with Crippen LogP contribution in [0.25, 0.3) is 10.9 Å². The molecule has 1 heterocycles. The van der Waals surface area contributed by atoms with Crippen LogP contribution in [0.5, 0.6) is 0 Å². The number of amides is 1. The highest BCUT2D eigenvalue weighted by atomic mass is 35.5. The number of hydrogen-bond acceptors (Lipinski definition) is 3. The second-order valence-electron chi connectivity index (χ2n) is 3.03. The summed E-state index contributed by atoms with van der Waals surface area (Å²) in [6, 6.07) is 7.50. The summed E-state index contributed by atoms with van der Waals surface area (Å²) in [5, 5.41) is 0.912. The quantitative estimate of drug-likeness (QED) is 0.693. The summed E-state index contributed by atoms with van der Waals surface area (Å²) in [5.41, 5.74) is 0.759. The molecular weight excluding hydrogens is 214 g/mol. The van der Waals surface area contributed by atoms with Gasteiger partial charge in [-0.05, 0) is 6.07 Å². The van der Waals surface area contributed by atoms with Crippen molar-refractivity contribution in [3.05, 3.63) is 30.5 Å². The molecule has 2 aromatic rings. The van der Waals surface area contributed by atoms with Crippen molar-refractivity contribution in [2.75, 3.05) is 4.42 Å². The second-order valence-corrected chi connectivity index (χ2v) is 3.37. The highest BCUT2D eigenvalue weighted by Gasteiger charge is 2.11. The first-order valence-corrected chi connectivity index (χ1v) is 4.70. The van der Waals surface area contributed by atoms with Gasteiger partial charge >= 0.3 is 0 Å². The molecule has 0 unspecified atom stereocenters. The minimum Gasteiger partial charge on any atom is -0.273 e. The van der Waals surface area contributed by atoms with Crippen molar-refractivity contribution in [1.29, 1.82) is 0 Å². The van der Waals surface area contributed by atoms with E-state index >= 15 is 0 Å². The van der Waals surface area contributed by atoms with E-state index in [1.54, 1.807) is 6.20 Å². The third-order valence-corrected chi connectivity index (χ3v) is 2.32. The van der Waals surface area contributed by atoms with E-state index in [4.69, 9.17) is 11.8 Å². The molecule has 0 spiro atoms. The van der Waals surface area contributed by atoms with Gasteiger partial charge in [-0.2, -0.15) is 4.42 Å². The molecule has 0 N–H and O–H groups in total. The molecule has 0 aliphatic heterocycles. The van der Waals surface area contributed by atoms with Crippen molar-refractivity contribution in [3.8, 4) is 0 Å². The highest BCUT2D eigenvalue weighted by Crippen LogP contribution is 2.15. The lowest BCUT2D eigenvalue weighted by Crippen LogP contribution is -2.18. The van der Waals surface area contributed by atoms with Crippen molar-refractivity contribution in [2.24, 2.45) is 0 Å². The Kier molecular flexibility index (Phi) is 2.51. The first-order chi connectivity index (χ1) is 7.18. The number of carbonyl (C=O) groups excluding carboxylic acids is 1. The monoisotopic (exact) mass is 221 g/mol. The van der Waals surface area contributed by atoms with E-state index in [1.165, 1.54) is 6.92 Å². The molecule has 0 saturated carbocycles. The molecule has 0 atom stereocenters. The molecule has 0 bridgehead atoms. The molecule has 5 heteroatoms. The molecule has 0 aliphatic rings. The van der Waals surface area contributed by atoms with E-state index in [2.05, 4.69) is 9.97 Å². The van der Waals surface area contributed by atoms with E-state index in [9.17, 15) is 4.79 Å². The van der Waals surface area contributed by atoms with Gasteiger partial charge in [-0.15, -0.1) is 0 Å². The zero-order valence-corrected chi connectivity index (χ0v) is 8.77. The molecule has 1 amide bonds. The fourth-order valence-electron chi connectivity index (χ4n) is 1.20. The van der Waals surface area contributed by atoms with Crippen LogP contribution in [0.4, 0.5) is 5.95 Å². The molecule has 4 nitrogen and oxygen atoms in total. The van der Waals surface area contributed by atoms with Crippen LogP contribution in [0, 0.1) is 0 Å². The van der Waals surface area contributed by atoms with E-state index in [-0.39, 0.29) is 11.9 Å². The minimum absolute atomic E-state index is 0.197. The first kappa shape index (κ1) is 9.86. The molecule has 2 rings (SSSR count). The van der Waals surface area contributed by atoms with E-state index in [1.807, 2.05) is 24.3 Å². The van der Waals surface area contributed by atoms with Crippen LogP contribution in [0.1, 0.15) is 6.92 Å². The molecule has 15 heavy (non-hydrogen) atoms. The van der Waals surface area contributed by atoms with Crippen LogP contribution in [0.15, 0.2) is 30.5 Å². The lowest BCUT2D eigenvalue weighted by molar-refractivity contribution is -0.115. The third-order valence-electron chi connectivity index (χ3n) is 1.93. The molecule has 0 radical (unpaired) electrons. The predicted octanol–water partition coefficient (Wildman–Crippen LogP) is 2.14. The van der Waals surface area contributed by atoms with Gasteiger partial charge in [0.2, 0.25) is 11.9 Å². The number of hydrogen-bond donors (Lipinski definition) is 0. The lowest BCUT2D eigenvalue weighted by Gasteiger charge is -2.08. The number of nitrogens with zero attached hydrogens (tertiary/aromatic N) is 3. The standard InChI is InChI=1S/C10H8ClN3O/c1-7(15)14(11)10-12-6-8-4-2-3-5-9(8)13-10/h2-6H,1H3. The van der Waals surface area contributed by atoms with Gasteiger partial charge in [-0.25, -0.2) is 9.97 Å².